The van der Waals surface area contributed by atoms with Crippen LogP contribution in [0.4, 0.5) is 22.7 Å². The second-order valence-electron chi connectivity index (χ2n) is 4.67. The van der Waals surface area contributed by atoms with Gasteiger partial charge in [0.05, 0.1) is 21.2 Å². The molecule has 0 saturated heterocycles. The predicted octanol–water partition coefficient (Wildman–Crippen LogP) is 2.70. The van der Waals surface area contributed by atoms with Crippen molar-refractivity contribution in [2.75, 3.05) is 5.01 Å². The van der Waals surface area contributed by atoms with Crippen LogP contribution in [0.3, 0.4) is 0 Å². The molecular weight excluding hydrogens is 316 g/mol. The van der Waals surface area contributed by atoms with E-state index in [-0.39, 0.29) is 11.4 Å². The normalized spacial score (nSPS) is 10.3. The number of non-ortho nitro benzene ring substituents is 2. The number of nitrogens with zero attached hydrogens (tertiary/aromatic N) is 6. The Morgan fingerprint density at radius 3 is 1.62 bits per heavy atom. The molecule has 1 aromatic heterocycles. The van der Waals surface area contributed by atoms with Crippen LogP contribution >= 0.6 is 0 Å². The Hall–Kier alpha value is -3.82. The molecule has 0 fully saturated rings. The van der Waals surface area contributed by atoms with Crippen LogP contribution in [0.15, 0.2) is 61.2 Å². The molecule has 24 heavy (non-hydrogen) atoms. The second-order valence-corrected chi connectivity index (χ2v) is 4.67. The van der Waals surface area contributed by atoms with Crippen LogP contribution in [0.25, 0.3) is 0 Å². The van der Waals surface area contributed by atoms with Crippen LogP contribution in [-0.2, 0) is 0 Å². The second kappa shape index (κ2) is 6.12. The predicted molar refractivity (Wildman–Crippen MR) is 83.8 cm³/mol. The number of nitro benzene ring substituents is 2. The number of rotatable bonds is 5. The van der Waals surface area contributed by atoms with Gasteiger partial charge in [-0.15, -0.1) is 5.10 Å². The fourth-order valence-corrected chi connectivity index (χ4v) is 2.12. The maximum atomic E-state index is 10.8. The summed E-state index contributed by atoms with van der Waals surface area (Å²) in [5.74, 6) is 0. The Morgan fingerprint density at radius 2 is 1.29 bits per heavy atom. The Bertz CT molecular complexity index is 804. The highest BCUT2D eigenvalue weighted by Gasteiger charge is 2.15. The van der Waals surface area contributed by atoms with E-state index in [1.807, 2.05) is 0 Å². The number of hydrogen-bond acceptors (Lipinski definition) is 7. The van der Waals surface area contributed by atoms with Crippen molar-refractivity contribution in [1.82, 2.24) is 14.9 Å². The van der Waals surface area contributed by atoms with Gasteiger partial charge in [-0.1, -0.05) is 0 Å². The summed E-state index contributed by atoms with van der Waals surface area (Å²) in [5, 5.41) is 27.2. The SMILES string of the molecule is O=[N+]([O-])c1ccc(N(c2ccc([N+](=O)[O-])cc2)n2cncn2)cc1. The zero-order valence-corrected chi connectivity index (χ0v) is 12.1. The zero-order valence-electron chi connectivity index (χ0n) is 12.1. The van der Waals surface area contributed by atoms with Gasteiger partial charge in [-0.2, -0.15) is 4.79 Å². The fraction of sp³-hybridized carbons (Fsp3) is 0. The van der Waals surface area contributed by atoms with E-state index in [0.717, 1.165) is 0 Å². The number of aromatic nitrogens is 3. The molecule has 0 N–H and O–H groups in total. The molecule has 0 aliphatic heterocycles. The van der Waals surface area contributed by atoms with Crippen molar-refractivity contribution in [2.45, 2.75) is 0 Å². The first-order valence-corrected chi connectivity index (χ1v) is 6.70. The highest BCUT2D eigenvalue weighted by Crippen LogP contribution is 2.28. The van der Waals surface area contributed by atoms with E-state index in [9.17, 15) is 20.2 Å². The summed E-state index contributed by atoms with van der Waals surface area (Å²) in [4.78, 5) is 25.9. The molecule has 0 aliphatic carbocycles. The van der Waals surface area contributed by atoms with Gasteiger partial charge in [-0.05, 0) is 24.3 Å². The van der Waals surface area contributed by atoms with E-state index >= 15 is 0 Å². The molecule has 10 heteroatoms. The quantitative estimate of drug-likeness (QED) is 0.522. The van der Waals surface area contributed by atoms with Gasteiger partial charge in [0.15, 0.2) is 0 Å². The summed E-state index contributed by atoms with van der Waals surface area (Å²) in [6, 6.07) is 11.7. The molecule has 2 aromatic carbocycles. The monoisotopic (exact) mass is 326 g/mol. The number of benzene rings is 2. The minimum atomic E-state index is -0.491. The minimum absolute atomic E-state index is 0.0408. The summed E-state index contributed by atoms with van der Waals surface area (Å²) < 4.78 is 0. The van der Waals surface area contributed by atoms with E-state index < -0.39 is 9.85 Å². The van der Waals surface area contributed by atoms with E-state index in [0.29, 0.717) is 11.4 Å². The molecule has 3 rings (SSSR count). The van der Waals surface area contributed by atoms with Gasteiger partial charge in [0.25, 0.3) is 11.4 Å². The minimum Gasteiger partial charge on any atom is -0.258 e. The average Bonchev–Trinajstić information content (AvgIpc) is 3.10. The Kier molecular flexibility index (Phi) is 3.85. The first-order chi connectivity index (χ1) is 11.6. The van der Waals surface area contributed by atoms with Crippen LogP contribution in [-0.4, -0.2) is 24.7 Å². The van der Waals surface area contributed by atoms with Crippen molar-refractivity contribution < 1.29 is 9.85 Å². The van der Waals surface area contributed by atoms with Crippen molar-refractivity contribution in [2.24, 2.45) is 0 Å². The summed E-state index contributed by atoms with van der Waals surface area (Å²) in [5.41, 5.74) is 1.09. The smallest absolute Gasteiger partial charge is 0.258 e. The molecule has 0 radical (unpaired) electrons. The largest absolute Gasteiger partial charge is 0.269 e. The molecule has 0 spiro atoms. The highest BCUT2D eigenvalue weighted by atomic mass is 16.6. The van der Waals surface area contributed by atoms with E-state index in [2.05, 4.69) is 10.1 Å². The molecule has 0 bridgehead atoms. The Morgan fingerprint density at radius 1 is 0.833 bits per heavy atom. The van der Waals surface area contributed by atoms with Gasteiger partial charge >= 0.3 is 0 Å². The standard InChI is InChI=1S/C14H10N6O4/c21-19(22)13-5-1-11(2-6-13)18(17-10-15-9-16-17)12-3-7-14(8-4-12)20(23)24/h1-10H. The van der Waals surface area contributed by atoms with Gasteiger partial charge < -0.3 is 0 Å². The lowest BCUT2D eigenvalue weighted by atomic mass is 10.2. The van der Waals surface area contributed by atoms with Gasteiger partial charge in [-0.25, -0.2) is 9.99 Å². The average molecular weight is 326 g/mol. The van der Waals surface area contributed by atoms with Gasteiger partial charge in [0.1, 0.15) is 12.7 Å². The first-order valence-electron chi connectivity index (χ1n) is 6.70. The summed E-state index contributed by atoms with van der Waals surface area (Å²) in [7, 11) is 0. The third kappa shape index (κ3) is 2.88. The molecule has 0 saturated carbocycles. The third-order valence-electron chi connectivity index (χ3n) is 3.22. The molecule has 10 nitrogen and oxygen atoms in total. The summed E-state index contributed by atoms with van der Waals surface area (Å²) >= 11 is 0. The Balaban J connectivity index is 2.04. The summed E-state index contributed by atoms with van der Waals surface area (Å²) in [6.07, 6.45) is 2.78. The lowest BCUT2D eigenvalue weighted by molar-refractivity contribution is -0.385. The van der Waals surface area contributed by atoms with Crippen LogP contribution in [0.2, 0.25) is 0 Å². The van der Waals surface area contributed by atoms with Gasteiger partial charge in [0.2, 0.25) is 0 Å². The summed E-state index contributed by atoms with van der Waals surface area (Å²) in [6.45, 7) is 0. The van der Waals surface area contributed by atoms with Crippen molar-refractivity contribution in [3.8, 4) is 0 Å². The van der Waals surface area contributed by atoms with Crippen LogP contribution < -0.4 is 5.01 Å². The van der Waals surface area contributed by atoms with Crippen LogP contribution in [0, 0.1) is 20.2 Å². The van der Waals surface area contributed by atoms with E-state index in [1.165, 1.54) is 41.7 Å². The molecule has 0 atom stereocenters. The molecule has 1 heterocycles. The van der Waals surface area contributed by atoms with E-state index in [4.69, 9.17) is 0 Å². The topological polar surface area (TPSA) is 120 Å². The lowest BCUT2D eigenvalue weighted by Gasteiger charge is -2.23. The third-order valence-corrected chi connectivity index (χ3v) is 3.22. The first kappa shape index (κ1) is 15.1. The Labute approximate surface area is 134 Å². The van der Waals surface area contributed by atoms with E-state index in [1.54, 1.807) is 29.3 Å². The molecule has 3 aromatic rings. The van der Waals surface area contributed by atoms with Crippen molar-refractivity contribution >= 4 is 22.7 Å². The van der Waals surface area contributed by atoms with Crippen molar-refractivity contribution in [1.29, 1.82) is 0 Å². The highest BCUT2D eigenvalue weighted by molar-refractivity contribution is 5.64. The molecule has 0 aliphatic rings. The van der Waals surface area contributed by atoms with Crippen molar-refractivity contribution in [3.63, 3.8) is 0 Å². The van der Waals surface area contributed by atoms with Crippen LogP contribution in [0.1, 0.15) is 0 Å². The maximum Gasteiger partial charge on any atom is 0.269 e. The molecule has 120 valence electrons. The maximum absolute atomic E-state index is 10.8. The molecular formula is C14H10N6O4. The van der Waals surface area contributed by atoms with Crippen molar-refractivity contribution in [3.05, 3.63) is 81.4 Å². The van der Waals surface area contributed by atoms with Gasteiger partial charge in [0, 0.05) is 24.3 Å². The number of anilines is 2. The lowest BCUT2D eigenvalue weighted by Crippen LogP contribution is -2.24. The molecule has 0 amide bonds. The van der Waals surface area contributed by atoms with Gasteiger partial charge in [-0.3, -0.25) is 20.2 Å². The number of hydrogen-bond donors (Lipinski definition) is 0. The fourth-order valence-electron chi connectivity index (χ4n) is 2.12. The molecule has 0 unspecified atom stereocenters. The van der Waals surface area contributed by atoms with Crippen LogP contribution in [0.5, 0.6) is 0 Å². The number of nitro groups is 2. The zero-order chi connectivity index (χ0) is 17.1.